The maximum Gasteiger partial charge on any atom is 0.0412 e. The van der Waals surface area contributed by atoms with Gasteiger partial charge < -0.3 is 0 Å². The molecule has 0 aromatic heterocycles. The second-order valence-corrected chi connectivity index (χ2v) is 5.92. The largest absolute Gasteiger partial charge is 0.0617 e. The fraction of sp³-hybridized carbons (Fsp3) is 0.176. The maximum absolute atomic E-state index is 3.73. The van der Waals surface area contributed by atoms with Crippen molar-refractivity contribution in [3.63, 3.8) is 0 Å². The van der Waals surface area contributed by atoms with Crippen molar-refractivity contribution < 1.29 is 0 Å². The molecule has 0 bridgehead atoms. The van der Waals surface area contributed by atoms with E-state index in [0.29, 0.717) is 5.92 Å². The lowest BCUT2D eigenvalue weighted by Gasteiger charge is -2.15. The van der Waals surface area contributed by atoms with Gasteiger partial charge in [-0.25, -0.2) is 0 Å². The Labute approximate surface area is 116 Å². The second kappa shape index (κ2) is 4.40. The van der Waals surface area contributed by atoms with Crippen LogP contribution >= 0.6 is 15.9 Å². The topological polar surface area (TPSA) is 0 Å². The van der Waals surface area contributed by atoms with Crippen LogP contribution in [0.2, 0.25) is 0 Å². The summed E-state index contributed by atoms with van der Waals surface area (Å²) in [5, 5.41) is 0. The van der Waals surface area contributed by atoms with Crippen molar-refractivity contribution in [2.75, 3.05) is 0 Å². The van der Waals surface area contributed by atoms with E-state index in [-0.39, 0.29) is 0 Å². The third-order valence-corrected chi connectivity index (χ3v) is 4.18. The number of aryl methyl sites for hydroxylation is 2. The fourth-order valence-corrected chi connectivity index (χ4v) is 3.41. The van der Waals surface area contributed by atoms with Gasteiger partial charge in [0.1, 0.15) is 0 Å². The molecular weight excluding hydrogens is 284 g/mol. The summed E-state index contributed by atoms with van der Waals surface area (Å²) in [5.74, 6) is 0.362. The van der Waals surface area contributed by atoms with Crippen molar-refractivity contribution in [1.29, 1.82) is 0 Å². The molecule has 0 amide bonds. The average Bonchev–Trinajstić information content (AvgIpc) is 2.64. The average molecular weight is 299 g/mol. The molecule has 1 unspecified atom stereocenters. The molecule has 18 heavy (non-hydrogen) atoms. The highest BCUT2D eigenvalue weighted by Gasteiger charge is 2.25. The maximum atomic E-state index is 3.73. The second-order valence-electron chi connectivity index (χ2n) is 5.01. The van der Waals surface area contributed by atoms with E-state index in [9.17, 15) is 0 Å². The van der Waals surface area contributed by atoms with Gasteiger partial charge in [-0.05, 0) is 36.6 Å². The summed E-state index contributed by atoms with van der Waals surface area (Å²) in [5.41, 5.74) is 6.73. The van der Waals surface area contributed by atoms with Crippen molar-refractivity contribution in [2.45, 2.75) is 19.8 Å². The Morgan fingerprint density at radius 2 is 1.72 bits per heavy atom. The molecule has 0 spiro atoms. The van der Waals surface area contributed by atoms with E-state index in [2.05, 4.69) is 78.3 Å². The molecule has 0 fully saturated rings. The first-order valence-corrected chi connectivity index (χ1v) is 6.98. The Hall–Kier alpha value is -1.34. The summed E-state index contributed by atoms with van der Waals surface area (Å²) in [6, 6.07) is 15.5. The highest BCUT2D eigenvalue weighted by atomic mass is 79.9. The van der Waals surface area contributed by atoms with Gasteiger partial charge in [0.2, 0.25) is 0 Å². The molecule has 1 aliphatic rings. The standard InChI is InChI=1S/C17H15Br/c1-11-4-3-5-13(8-11)17-15-7-6-12(2)9-14(15)10-16(17)18/h3-10,17H,1-2H3. The molecular formula is C17H15Br. The zero-order valence-corrected chi connectivity index (χ0v) is 12.2. The summed E-state index contributed by atoms with van der Waals surface area (Å²) in [7, 11) is 0. The summed E-state index contributed by atoms with van der Waals surface area (Å²) in [4.78, 5) is 0. The Balaban J connectivity index is 2.13. The molecule has 0 aliphatic heterocycles. The molecule has 0 nitrogen and oxygen atoms in total. The minimum Gasteiger partial charge on any atom is -0.0617 e. The number of hydrogen-bond donors (Lipinski definition) is 0. The van der Waals surface area contributed by atoms with Gasteiger partial charge in [0.25, 0.3) is 0 Å². The van der Waals surface area contributed by atoms with E-state index in [1.54, 1.807) is 0 Å². The van der Waals surface area contributed by atoms with E-state index in [1.807, 2.05) is 0 Å². The minimum atomic E-state index is 0.362. The van der Waals surface area contributed by atoms with Crippen molar-refractivity contribution >= 4 is 22.0 Å². The lowest BCUT2D eigenvalue weighted by molar-refractivity contribution is 1.03. The molecule has 3 rings (SSSR count). The molecule has 1 aliphatic carbocycles. The van der Waals surface area contributed by atoms with Crippen LogP contribution in [0.3, 0.4) is 0 Å². The van der Waals surface area contributed by atoms with Gasteiger partial charge in [-0.15, -0.1) is 0 Å². The summed E-state index contributed by atoms with van der Waals surface area (Å²) in [6.45, 7) is 4.29. The van der Waals surface area contributed by atoms with Gasteiger partial charge in [0.05, 0.1) is 0 Å². The monoisotopic (exact) mass is 298 g/mol. The smallest absolute Gasteiger partial charge is 0.0412 e. The SMILES string of the molecule is Cc1cccc(C2C(Br)=Cc3cc(C)ccc32)c1. The zero-order chi connectivity index (χ0) is 12.7. The Morgan fingerprint density at radius 3 is 2.50 bits per heavy atom. The Kier molecular flexibility index (Phi) is 2.87. The number of benzene rings is 2. The molecule has 0 saturated heterocycles. The van der Waals surface area contributed by atoms with Crippen LogP contribution in [0.4, 0.5) is 0 Å². The van der Waals surface area contributed by atoms with Gasteiger partial charge in [-0.1, -0.05) is 69.5 Å². The normalized spacial score (nSPS) is 17.5. The first kappa shape index (κ1) is 11.7. The zero-order valence-electron chi connectivity index (χ0n) is 10.6. The van der Waals surface area contributed by atoms with Crippen molar-refractivity contribution in [1.82, 2.24) is 0 Å². The van der Waals surface area contributed by atoms with Crippen LogP contribution in [0.1, 0.15) is 33.7 Å². The molecule has 0 N–H and O–H groups in total. The van der Waals surface area contributed by atoms with Gasteiger partial charge in [-0.3, -0.25) is 0 Å². The highest BCUT2D eigenvalue weighted by Crippen LogP contribution is 2.44. The summed E-state index contributed by atoms with van der Waals surface area (Å²) >= 11 is 3.73. The highest BCUT2D eigenvalue weighted by molar-refractivity contribution is 9.11. The first-order valence-electron chi connectivity index (χ1n) is 6.19. The number of fused-ring (bicyclic) bond motifs is 1. The van der Waals surface area contributed by atoms with Crippen LogP contribution in [-0.4, -0.2) is 0 Å². The lowest BCUT2D eigenvalue weighted by atomic mass is 9.91. The minimum absolute atomic E-state index is 0.362. The molecule has 0 saturated carbocycles. The summed E-state index contributed by atoms with van der Waals surface area (Å²) in [6.07, 6.45) is 2.25. The summed E-state index contributed by atoms with van der Waals surface area (Å²) < 4.78 is 1.26. The van der Waals surface area contributed by atoms with Crippen LogP contribution in [0.5, 0.6) is 0 Å². The van der Waals surface area contributed by atoms with Crippen molar-refractivity contribution in [2.24, 2.45) is 0 Å². The van der Waals surface area contributed by atoms with E-state index < -0.39 is 0 Å². The number of allylic oxidation sites excluding steroid dienone is 1. The van der Waals surface area contributed by atoms with Crippen LogP contribution in [0, 0.1) is 13.8 Å². The predicted molar refractivity (Wildman–Crippen MR) is 81.1 cm³/mol. The predicted octanol–water partition coefficient (Wildman–Crippen LogP) is 5.18. The molecule has 1 heteroatoms. The lowest BCUT2D eigenvalue weighted by Crippen LogP contribution is -1.98. The molecule has 0 heterocycles. The molecule has 90 valence electrons. The van der Waals surface area contributed by atoms with Gasteiger partial charge in [-0.2, -0.15) is 0 Å². The van der Waals surface area contributed by atoms with Crippen LogP contribution in [0.15, 0.2) is 46.9 Å². The Bertz CT molecular complexity index is 638. The third kappa shape index (κ3) is 1.93. The van der Waals surface area contributed by atoms with Gasteiger partial charge >= 0.3 is 0 Å². The number of rotatable bonds is 1. The quantitative estimate of drug-likeness (QED) is 0.680. The molecule has 0 radical (unpaired) electrons. The molecule has 2 aromatic carbocycles. The van der Waals surface area contributed by atoms with Gasteiger partial charge in [0.15, 0.2) is 0 Å². The van der Waals surface area contributed by atoms with E-state index in [4.69, 9.17) is 0 Å². The van der Waals surface area contributed by atoms with E-state index in [1.165, 1.54) is 32.3 Å². The molecule has 2 aromatic rings. The van der Waals surface area contributed by atoms with Crippen LogP contribution in [-0.2, 0) is 0 Å². The number of halogens is 1. The molecule has 1 atom stereocenters. The van der Waals surface area contributed by atoms with Crippen LogP contribution in [0.25, 0.3) is 6.08 Å². The number of hydrogen-bond acceptors (Lipinski definition) is 0. The van der Waals surface area contributed by atoms with Crippen LogP contribution < -0.4 is 0 Å². The third-order valence-electron chi connectivity index (χ3n) is 3.50. The first-order chi connectivity index (χ1) is 8.65. The van der Waals surface area contributed by atoms with Gasteiger partial charge in [0, 0.05) is 10.4 Å². The van der Waals surface area contributed by atoms with Crippen molar-refractivity contribution in [3.8, 4) is 0 Å². The van der Waals surface area contributed by atoms with Crippen molar-refractivity contribution in [3.05, 3.63) is 74.8 Å². The Morgan fingerprint density at radius 1 is 0.944 bits per heavy atom. The fourth-order valence-electron chi connectivity index (χ4n) is 2.65. The van der Waals surface area contributed by atoms with E-state index >= 15 is 0 Å². The van der Waals surface area contributed by atoms with E-state index in [0.717, 1.165) is 0 Å².